The van der Waals surface area contributed by atoms with Crippen LogP contribution in [0.2, 0.25) is 0 Å². The lowest BCUT2D eigenvalue weighted by Gasteiger charge is -2.17. The fourth-order valence-corrected chi connectivity index (χ4v) is 1.97. The summed E-state index contributed by atoms with van der Waals surface area (Å²) in [7, 11) is 1.50. The molecule has 2 rings (SSSR count). The minimum atomic E-state index is -0.203. The number of carbonyl (C=O) groups excluding carboxylic acids is 1. The van der Waals surface area contributed by atoms with Crippen LogP contribution in [0.1, 0.15) is 35.3 Å². The third kappa shape index (κ3) is 3.12. The number of nitrogens with one attached hydrogen (secondary N) is 1. The van der Waals surface area contributed by atoms with Crippen molar-refractivity contribution in [3.05, 3.63) is 54.0 Å². The number of ether oxygens (including phenoxy) is 1. The summed E-state index contributed by atoms with van der Waals surface area (Å²) in [4.78, 5) is 20.4. The summed E-state index contributed by atoms with van der Waals surface area (Å²) in [6.07, 6.45) is 5.84. The molecule has 0 saturated heterocycles. The summed E-state index contributed by atoms with van der Waals surface area (Å²) >= 11 is 0. The lowest BCUT2D eigenvalue weighted by atomic mass is 10.1. The second kappa shape index (κ2) is 6.65. The van der Waals surface area contributed by atoms with Crippen molar-refractivity contribution in [3.8, 4) is 5.88 Å². The number of aromatic nitrogens is 2. The Morgan fingerprint density at radius 2 is 2.15 bits per heavy atom. The molecule has 1 N–H and O–H groups in total. The molecule has 0 fully saturated rings. The van der Waals surface area contributed by atoms with Crippen molar-refractivity contribution in [2.45, 2.75) is 19.4 Å². The van der Waals surface area contributed by atoms with Crippen LogP contribution in [0.5, 0.6) is 5.88 Å². The highest BCUT2D eigenvalue weighted by molar-refractivity contribution is 5.96. The molecular weight excluding hydrogens is 254 g/mol. The smallest absolute Gasteiger partial charge is 0.257 e. The van der Waals surface area contributed by atoms with E-state index < -0.39 is 0 Å². The van der Waals surface area contributed by atoms with Crippen molar-refractivity contribution in [2.75, 3.05) is 7.11 Å². The van der Waals surface area contributed by atoms with Crippen LogP contribution in [0.4, 0.5) is 0 Å². The first-order valence-corrected chi connectivity index (χ1v) is 6.46. The minimum Gasteiger partial charge on any atom is -0.480 e. The molecule has 0 bridgehead atoms. The molecule has 0 unspecified atom stereocenters. The molecule has 5 heteroatoms. The predicted octanol–water partition coefficient (Wildman–Crippen LogP) is 2.37. The maximum absolute atomic E-state index is 12.3. The molecule has 0 spiro atoms. The molecule has 0 aliphatic carbocycles. The largest absolute Gasteiger partial charge is 0.480 e. The van der Waals surface area contributed by atoms with Gasteiger partial charge < -0.3 is 10.1 Å². The Balaban J connectivity index is 2.18. The summed E-state index contributed by atoms with van der Waals surface area (Å²) in [6.45, 7) is 2.01. The van der Waals surface area contributed by atoms with E-state index in [4.69, 9.17) is 4.74 Å². The van der Waals surface area contributed by atoms with Gasteiger partial charge in [0.05, 0.1) is 13.2 Å². The SMILES string of the molecule is CC[C@@H](NC(=O)c1cccnc1OC)c1cccnc1. The van der Waals surface area contributed by atoms with Crippen molar-refractivity contribution in [2.24, 2.45) is 0 Å². The molecular formula is C15H17N3O2. The third-order valence-electron chi connectivity index (χ3n) is 3.01. The maximum Gasteiger partial charge on any atom is 0.257 e. The molecule has 0 aromatic carbocycles. The van der Waals surface area contributed by atoms with Gasteiger partial charge in [-0.1, -0.05) is 13.0 Å². The standard InChI is InChI=1S/C15H17N3O2/c1-3-13(11-6-4-8-16-10-11)18-14(19)12-7-5-9-17-15(12)20-2/h4-10,13H,3H2,1-2H3,(H,18,19)/t13-/m1/s1. The number of amides is 1. The van der Waals surface area contributed by atoms with Crippen molar-refractivity contribution < 1.29 is 9.53 Å². The summed E-state index contributed by atoms with van der Waals surface area (Å²) in [5.74, 6) is 0.122. The van der Waals surface area contributed by atoms with Crippen LogP contribution in [0.25, 0.3) is 0 Å². The first-order chi connectivity index (χ1) is 9.76. The molecule has 2 aromatic heterocycles. The van der Waals surface area contributed by atoms with E-state index in [-0.39, 0.29) is 11.9 Å². The Morgan fingerprint density at radius 3 is 2.80 bits per heavy atom. The van der Waals surface area contributed by atoms with Gasteiger partial charge in [0.1, 0.15) is 5.56 Å². The number of pyridine rings is 2. The van der Waals surface area contributed by atoms with E-state index in [0.29, 0.717) is 11.4 Å². The number of hydrogen-bond donors (Lipinski definition) is 1. The van der Waals surface area contributed by atoms with Crippen LogP contribution in [-0.4, -0.2) is 23.0 Å². The van der Waals surface area contributed by atoms with Crippen molar-refractivity contribution in [1.82, 2.24) is 15.3 Å². The molecule has 104 valence electrons. The Morgan fingerprint density at radius 1 is 1.35 bits per heavy atom. The predicted molar refractivity (Wildman–Crippen MR) is 75.5 cm³/mol. The molecule has 0 radical (unpaired) electrons. The number of methoxy groups -OCH3 is 1. The van der Waals surface area contributed by atoms with E-state index in [1.54, 1.807) is 30.7 Å². The van der Waals surface area contributed by atoms with Crippen LogP contribution in [0.15, 0.2) is 42.9 Å². The Bertz CT molecular complexity index is 572. The molecule has 0 saturated carbocycles. The molecule has 5 nitrogen and oxygen atoms in total. The van der Waals surface area contributed by atoms with Crippen LogP contribution in [-0.2, 0) is 0 Å². The van der Waals surface area contributed by atoms with E-state index in [0.717, 1.165) is 12.0 Å². The number of rotatable bonds is 5. The Kier molecular flexibility index (Phi) is 4.65. The summed E-state index contributed by atoms with van der Waals surface area (Å²) in [5, 5.41) is 2.98. The minimum absolute atomic E-state index is 0.0823. The van der Waals surface area contributed by atoms with Gasteiger partial charge in [-0.2, -0.15) is 0 Å². The van der Waals surface area contributed by atoms with Gasteiger partial charge in [-0.25, -0.2) is 4.98 Å². The van der Waals surface area contributed by atoms with E-state index >= 15 is 0 Å². The van der Waals surface area contributed by atoms with Gasteiger partial charge in [0.15, 0.2) is 0 Å². The first kappa shape index (κ1) is 14.0. The lowest BCUT2D eigenvalue weighted by Crippen LogP contribution is -2.28. The van der Waals surface area contributed by atoms with Gasteiger partial charge in [-0.05, 0) is 30.2 Å². The highest BCUT2D eigenvalue weighted by Crippen LogP contribution is 2.18. The first-order valence-electron chi connectivity index (χ1n) is 6.46. The van der Waals surface area contributed by atoms with Gasteiger partial charge >= 0.3 is 0 Å². The van der Waals surface area contributed by atoms with E-state index in [1.165, 1.54) is 7.11 Å². The molecule has 0 aliphatic rings. The van der Waals surface area contributed by atoms with Gasteiger partial charge in [-0.15, -0.1) is 0 Å². The van der Waals surface area contributed by atoms with Gasteiger partial charge in [0.2, 0.25) is 5.88 Å². The highest BCUT2D eigenvalue weighted by Gasteiger charge is 2.17. The Hall–Kier alpha value is -2.43. The zero-order valence-electron chi connectivity index (χ0n) is 11.5. The fraction of sp³-hybridized carbons (Fsp3) is 0.267. The second-order valence-electron chi connectivity index (χ2n) is 4.28. The molecule has 2 heterocycles. The number of nitrogens with zero attached hydrogens (tertiary/aromatic N) is 2. The normalized spacial score (nSPS) is 11.7. The van der Waals surface area contributed by atoms with Crippen LogP contribution in [0, 0.1) is 0 Å². The molecule has 20 heavy (non-hydrogen) atoms. The number of hydrogen-bond acceptors (Lipinski definition) is 4. The maximum atomic E-state index is 12.3. The summed E-state index contributed by atoms with van der Waals surface area (Å²) in [6, 6.07) is 7.12. The highest BCUT2D eigenvalue weighted by atomic mass is 16.5. The van der Waals surface area contributed by atoms with Crippen molar-refractivity contribution >= 4 is 5.91 Å². The lowest BCUT2D eigenvalue weighted by molar-refractivity contribution is 0.0931. The fourth-order valence-electron chi connectivity index (χ4n) is 1.97. The Labute approximate surface area is 118 Å². The quantitative estimate of drug-likeness (QED) is 0.906. The second-order valence-corrected chi connectivity index (χ2v) is 4.28. The van der Waals surface area contributed by atoms with E-state index in [1.807, 2.05) is 19.1 Å². The van der Waals surface area contributed by atoms with Crippen molar-refractivity contribution in [1.29, 1.82) is 0 Å². The van der Waals surface area contributed by atoms with Crippen molar-refractivity contribution in [3.63, 3.8) is 0 Å². The van der Waals surface area contributed by atoms with Gasteiger partial charge in [-0.3, -0.25) is 9.78 Å². The van der Waals surface area contributed by atoms with E-state index in [2.05, 4.69) is 15.3 Å². The monoisotopic (exact) mass is 271 g/mol. The molecule has 1 atom stereocenters. The summed E-state index contributed by atoms with van der Waals surface area (Å²) in [5.41, 5.74) is 1.41. The van der Waals surface area contributed by atoms with Gasteiger partial charge in [0.25, 0.3) is 5.91 Å². The van der Waals surface area contributed by atoms with Gasteiger partial charge in [0, 0.05) is 18.6 Å². The average molecular weight is 271 g/mol. The zero-order valence-corrected chi connectivity index (χ0v) is 11.5. The molecule has 2 aromatic rings. The average Bonchev–Trinajstić information content (AvgIpc) is 2.53. The zero-order chi connectivity index (χ0) is 14.4. The van der Waals surface area contributed by atoms with Crippen LogP contribution < -0.4 is 10.1 Å². The topological polar surface area (TPSA) is 64.1 Å². The third-order valence-corrected chi connectivity index (χ3v) is 3.01. The summed E-state index contributed by atoms with van der Waals surface area (Å²) < 4.78 is 5.10. The molecule has 0 aliphatic heterocycles. The van der Waals surface area contributed by atoms with E-state index in [9.17, 15) is 4.79 Å². The molecule has 1 amide bonds. The van der Waals surface area contributed by atoms with Crippen LogP contribution >= 0.6 is 0 Å². The van der Waals surface area contributed by atoms with Crippen LogP contribution in [0.3, 0.4) is 0 Å². The number of carbonyl (C=O) groups is 1.